The van der Waals surface area contributed by atoms with Crippen molar-refractivity contribution < 1.29 is 0 Å². The highest BCUT2D eigenvalue weighted by molar-refractivity contribution is 5.90. The highest BCUT2D eigenvalue weighted by Crippen LogP contribution is 2.50. The lowest BCUT2D eigenvalue weighted by Crippen LogP contribution is -2.14. The Kier molecular flexibility index (Phi) is 9.24. The van der Waals surface area contributed by atoms with Crippen molar-refractivity contribution in [1.29, 1.82) is 0 Å². The lowest BCUT2D eigenvalue weighted by molar-refractivity contribution is 0.660. The monoisotopic (exact) mass is 791 g/mol. The Morgan fingerprint density at radius 3 is 1.47 bits per heavy atom. The number of nitrogens with zero attached hydrogens (tertiary/aromatic N) is 1. The maximum absolute atomic E-state index is 2.41. The molecule has 0 heterocycles. The molecule has 0 aromatic heterocycles. The van der Waals surface area contributed by atoms with Gasteiger partial charge in [0, 0.05) is 22.5 Å². The molecule has 0 atom stereocenters. The Morgan fingerprint density at radius 1 is 0.258 bits per heavy atom. The molecule has 10 aromatic rings. The van der Waals surface area contributed by atoms with Crippen molar-refractivity contribution in [2.75, 3.05) is 4.90 Å². The molecule has 0 radical (unpaired) electrons. The van der Waals surface area contributed by atoms with E-state index in [1.54, 1.807) is 0 Å². The van der Waals surface area contributed by atoms with Crippen molar-refractivity contribution in [1.82, 2.24) is 0 Å². The van der Waals surface area contributed by atoms with E-state index in [9.17, 15) is 0 Å². The summed E-state index contributed by atoms with van der Waals surface area (Å²) in [5.74, 6) is 0. The molecule has 11 rings (SSSR count). The summed E-state index contributed by atoms with van der Waals surface area (Å²) in [5, 5.41) is 2.51. The van der Waals surface area contributed by atoms with Gasteiger partial charge < -0.3 is 4.90 Å². The molecule has 0 aliphatic heterocycles. The van der Waals surface area contributed by atoms with E-state index < -0.39 is 0 Å². The predicted octanol–water partition coefficient (Wildman–Crippen LogP) is 17.0. The summed E-state index contributed by atoms with van der Waals surface area (Å²) in [6, 6.07) is 86.6. The van der Waals surface area contributed by atoms with E-state index in [-0.39, 0.29) is 5.41 Å². The summed E-state index contributed by atoms with van der Waals surface area (Å²) in [4.78, 5) is 2.39. The van der Waals surface area contributed by atoms with Crippen LogP contribution in [0.4, 0.5) is 17.1 Å². The van der Waals surface area contributed by atoms with Crippen molar-refractivity contribution in [3.05, 3.63) is 248 Å². The van der Waals surface area contributed by atoms with Crippen LogP contribution in [0, 0.1) is 0 Å². The largest absolute Gasteiger partial charge is 0.310 e. The van der Waals surface area contributed by atoms with E-state index in [1.807, 2.05) is 0 Å². The third-order valence-corrected chi connectivity index (χ3v) is 12.9. The molecule has 0 saturated heterocycles. The number of hydrogen-bond acceptors (Lipinski definition) is 1. The molecular weight excluding hydrogens is 747 g/mol. The minimum absolute atomic E-state index is 0.0489. The minimum Gasteiger partial charge on any atom is -0.310 e. The van der Waals surface area contributed by atoms with Crippen LogP contribution in [0.15, 0.2) is 237 Å². The fraction of sp³-hybridized carbons (Fsp3) is 0.0492. The first kappa shape index (κ1) is 37.3. The van der Waals surface area contributed by atoms with Crippen LogP contribution in [-0.2, 0) is 5.41 Å². The first-order valence-corrected chi connectivity index (χ1v) is 21.6. The molecule has 0 N–H and O–H groups in total. The van der Waals surface area contributed by atoms with E-state index >= 15 is 0 Å². The molecule has 62 heavy (non-hydrogen) atoms. The van der Waals surface area contributed by atoms with Gasteiger partial charge in [-0.3, -0.25) is 0 Å². The second kappa shape index (κ2) is 15.4. The van der Waals surface area contributed by atoms with Gasteiger partial charge in [0.25, 0.3) is 0 Å². The molecule has 1 heteroatoms. The summed E-state index contributed by atoms with van der Waals surface area (Å²) in [6.45, 7) is 4.70. The van der Waals surface area contributed by atoms with Crippen LogP contribution in [0.25, 0.3) is 77.5 Å². The van der Waals surface area contributed by atoms with E-state index in [2.05, 4.69) is 255 Å². The van der Waals surface area contributed by atoms with Crippen LogP contribution in [0.1, 0.15) is 25.0 Å². The molecule has 294 valence electrons. The van der Waals surface area contributed by atoms with Gasteiger partial charge in [-0.1, -0.05) is 196 Å². The van der Waals surface area contributed by atoms with Crippen LogP contribution in [0.5, 0.6) is 0 Å². The SMILES string of the molecule is CC1(C)c2ccccc2-c2ccc(-c3ccc(N(c4ccc(-c5cccc(-c6ccc7ccccc7c6)c5)cc4)c4cccc(-c5ccccc5-c5ccccc5)c4)cc3)cc21. The highest BCUT2D eigenvalue weighted by atomic mass is 15.1. The summed E-state index contributed by atoms with van der Waals surface area (Å²) >= 11 is 0. The Labute approximate surface area is 364 Å². The van der Waals surface area contributed by atoms with Gasteiger partial charge >= 0.3 is 0 Å². The second-order valence-corrected chi connectivity index (χ2v) is 17.0. The molecule has 0 bridgehead atoms. The Bertz CT molecular complexity index is 3250. The lowest BCUT2D eigenvalue weighted by Gasteiger charge is -2.27. The molecule has 0 unspecified atom stereocenters. The molecule has 0 fully saturated rings. The summed E-state index contributed by atoms with van der Waals surface area (Å²) in [5.41, 5.74) is 20.8. The molecule has 0 amide bonds. The molecule has 1 aliphatic carbocycles. The topological polar surface area (TPSA) is 3.24 Å². The van der Waals surface area contributed by atoms with Crippen LogP contribution < -0.4 is 4.90 Å². The van der Waals surface area contributed by atoms with E-state index in [1.165, 1.54) is 88.7 Å². The van der Waals surface area contributed by atoms with E-state index in [4.69, 9.17) is 0 Å². The van der Waals surface area contributed by atoms with Crippen molar-refractivity contribution in [3.8, 4) is 66.8 Å². The Morgan fingerprint density at radius 2 is 0.742 bits per heavy atom. The maximum atomic E-state index is 2.41. The standard InChI is InChI=1S/C61H45N/c1-61(2)59-25-11-10-24-57(59)58-37-32-50(41-60(58)61)44-30-35-53(36-31-44)62(54-21-13-20-51(40-54)56-23-9-8-22-55(56)45-15-4-3-5-16-45)52-33-28-43(29-34-52)47-18-12-19-48(38-47)49-27-26-42-14-6-7-17-46(42)39-49/h3-41H,1-2H3. The van der Waals surface area contributed by atoms with Gasteiger partial charge in [-0.25, -0.2) is 0 Å². The van der Waals surface area contributed by atoms with E-state index in [0.29, 0.717) is 0 Å². The molecule has 1 aliphatic rings. The third kappa shape index (κ3) is 6.69. The predicted molar refractivity (Wildman–Crippen MR) is 263 cm³/mol. The average Bonchev–Trinajstić information content (AvgIpc) is 3.57. The second-order valence-electron chi connectivity index (χ2n) is 17.0. The number of anilines is 3. The molecule has 10 aromatic carbocycles. The number of fused-ring (bicyclic) bond motifs is 4. The first-order valence-electron chi connectivity index (χ1n) is 21.6. The van der Waals surface area contributed by atoms with Crippen LogP contribution in [0.2, 0.25) is 0 Å². The number of benzene rings is 10. The molecule has 1 nitrogen and oxygen atoms in total. The van der Waals surface area contributed by atoms with Crippen LogP contribution in [0.3, 0.4) is 0 Å². The smallest absolute Gasteiger partial charge is 0.0467 e. The zero-order chi connectivity index (χ0) is 41.6. The molecular formula is C61H45N. The first-order chi connectivity index (χ1) is 30.5. The summed E-state index contributed by atoms with van der Waals surface area (Å²) < 4.78 is 0. The maximum Gasteiger partial charge on any atom is 0.0467 e. The normalized spacial score (nSPS) is 12.5. The van der Waals surface area contributed by atoms with Crippen molar-refractivity contribution >= 4 is 27.8 Å². The molecule has 0 spiro atoms. The molecule has 0 saturated carbocycles. The van der Waals surface area contributed by atoms with Crippen LogP contribution in [-0.4, -0.2) is 0 Å². The van der Waals surface area contributed by atoms with Crippen molar-refractivity contribution in [2.45, 2.75) is 19.3 Å². The summed E-state index contributed by atoms with van der Waals surface area (Å²) in [6.07, 6.45) is 0. The minimum atomic E-state index is -0.0489. The fourth-order valence-electron chi connectivity index (χ4n) is 9.60. The quantitative estimate of drug-likeness (QED) is 0.148. The number of hydrogen-bond donors (Lipinski definition) is 0. The summed E-state index contributed by atoms with van der Waals surface area (Å²) in [7, 11) is 0. The van der Waals surface area contributed by atoms with Gasteiger partial charge in [0.05, 0.1) is 0 Å². The van der Waals surface area contributed by atoms with E-state index in [0.717, 1.165) is 17.1 Å². The van der Waals surface area contributed by atoms with Gasteiger partial charge in [0.2, 0.25) is 0 Å². The fourth-order valence-corrected chi connectivity index (χ4v) is 9.60. The average molecular weight is 792 g/mol. The van der Waals surface area contributed by atoms with Crippen molar-refractivity contribution in [2.24, 2.45) is 0 Å². The van der Waals surface area contributed by atoms with Gasteiger partial charge in [0.15, 0.2) is 0 Å². The van der Waals surface area contributed by atoms with Gasteiger partial charge in [0.1, 0.15) is 0 Å². The van der Waals surface area contributed by atoms with Crippen LogP contribution >= 0.6 is 0 Å². The third-order valence-electron chi connectivity index (χ3n) is 12.9. The lowest BCUT2D eigenvalue weighted by atomic mass is 9.81. The van der Waals surface area contributed by atoms with Crippen molar-refractivity contribution in [3.63, 3.8) is 0 Å². The highest BCUT2D eigenvalue weighted by Gasteiger charge is 2.35. The zero-order valence-electron chi connectivity index (χ0n) is 35.0. The van der Waals surface area contributed by atoms with Gasteiger partial charge in [-0.05, 0) is 143 Å². The Balaban J connectivity index is 0.972. The Hall–Kier alpha value is -7.74. The number of rotatable bonds is 8. The van der Waals surface area contributed by atoms with Gasteiger partial charge in [-0.2, -0.15) is 0 Å². The zero-order valence-corrected chi connectivity index (χ0v) is 35.0. The van der Waals surface area contributed by atoms with Gasteiger partial charge in [-0.15, -0.1) is 0 Å².